The number of likely N-dealkylation sites (tertiary alicyclic amines) is 1. The van der Waals surface area contributed by atoms with Crippen LogP contribution in [0.25, 0.3) is 0 Å². The molecule has 4 heteroatoms. The second-order valence-electron chi connectivity index (χ2n) is 5.13. The molecular weight excluding hydrogens is 216 g/mol. The lowest BCUT2D eigenvalue weighted by atomic mass is 9.98. The van der Waals surface area contributed by atoms with E-state index in [1.165, 1.54) is 0 Å². The lowest BCUT2D eigenvalue weighted by Crippen LogP contribution is -2.51. The average molecular weight is 242 g/mol. The first-order chi connectivity index (χ1) is 8.11. The van der Waals surface area contributed by atoms with E-state index in [0.29, 0.717) is 0 Å². The molecule has 0 spiro atoms. The molecule has 1 amide bonds. The number of carbonyl (C=O) groups excluding carboxylic acids is 1. The summed E-state index contributed by atoms with van der Waals surface area (Å²) in [7, 11) is 0. The molecule has 0 aliphatic carbocycles. The van der Waals surface area contributed by atoms with Crippen LogP contribution < -0.4 is 5.73 Å². The predicted molar refractivity (Wildman–Crippen MR) is 68.5 cm³/mol. The van der Waals surface area contributed by atoms with Crippen molar-refractivity contribution in [2.75, 3.05) is 13.2 Å². The van der Waals surface area contributed by atoms with E-state index < -0.39 is 6.04 Å². The molecule has 1 aliphatic heterocycles. The Morgan fingerprint density at radius 1 is 1.47 bits per heavy atom. The van der Waals surface area contributed by atoms with Gasteiger partial charge in [0.15, 0.2) is 0 Å². The summed E-state index contributed by atoms with van der Waals surface area (Å²) in [5, 5.41) is 9.38. The molecule has 3 N–H and O–H groups in total. The standard InChI is InChI=1S/C13H26N2O2/c1-3-10(2)12(14)13(17)15-8-6-4-5-7-11(15)9-16/h10-12,16H,3-9,14H2,1-2H3. The minimum Gasteiger partial charge on any atom is -0.394 e. The van der Waals surface area contributed by atoms with Gasteiger partial charge in [-0.2, -0.15) is 0 Å². The van der Waals surface area contributed by atoms with E-state index in [0.717, 1.165) is 38.6 Å². The van der Waals surface area contributed by atoms with Gasteiger partial charge in [0.2, 0.25) is 5.91 Å². The van der Waals surface area contributed by atoms with Crippen LogP contribution in [0.1, 0.15) is 46.0 Å². The van der Waals surface area contributed by atoms with Crippen molar-refractivity contribution in [1.29, 1.82) is 0 Å². The Bertz CT molecular complexity index is 246. The van der Waals surface area contributed by atoms with Crippen LogP contribution in [0.2, 0.25) is 0 Å². The van der Waals surface area contributed by atoms with Crippen molar-refractivity contribution < 1.29 is 9.90 Å². The molecule has 0 aromatic rings. The smallest absolute Gasteiger partial charge is 0.240 e. The SMILES string of the molecule is CCC(C)C(N)C(=O)N1CCCCCC1CO. The van der Waals surface area contributed by atoms with Crippen molar-refractivity contribution in [2.24, 2.45) is 11.7 Å². The summed E-state index contributed by atoms with van der Waals surface area (Å²) >= 11 is 0. The summed E-state index contributed by atoms with van der Waals surface area (Å²) in [5.74, 6) is 0.213. The molecule has 4 nitrogen and oxygen atoms in total. The molecule has 1 aliphatic rings. The van der Waals surface area contributed by atoms with Crippen molar-refractivity contribution in [3.8, 4) is 0 Å². The maximum absolute atomic E-state index is 12.3. The summed E-state index contributed by atoms with van der Waals surface area (Å²) in [6.07, 6.45) is 5.06. The molecule has 100 valence electrons. The van der Waals surface area contributed by atoms with Crippen molar-refractivity contribution in [3.63, 3.8) is 0 Å². The molecule has 0 aromatic carbocycles. The fraction of sp³-hybridized carbons (Fsp3) is 0.923. The highest BCUT2D eigenvalue weighted by atomic mass is 16.3. The van der Waals surface area contributed by atoms with Gasteiger partial charge in [0.1, 0.15) is 0 Å². The van der Waals surface area contributed by atoms with Crippen molar-refractivity contribution in [2.45, 2.75) is 58.0 Å². The normalized spacial score (nSPS) is 25.2. The zero-order chi connectivity index (χ0) is 12.8. The zero-order valence-electron chi connectivity index (χ0n) is 11.1. The third-order valence-electron chi connectivity index (χ3n) is 3.91. The predicted octanol–water partition coefficient (Wildman–Crippen LogP) is 1.12. The number of rotatable bonds is 4. The molecular formula is C13H26N2O2. The van der Waals surface area contributed by atoms with Crippen LogP contribution >= 0.6 is 0 Å². The highest BCUT2D eigenvalue weighted by molar-refractivity contribution is 5.82. The summed E-state index contributed by atoms with van der Waals surface area (Å²) in [6.45, 7) is 4.85. The lowest BCUT2D eigenvalue weighted by Gasteiger charge is -2.32. The first-order valence-electron chi connectivity index (χ1n) is 6.78. The highest BCUT2D eigenvalue weighted by Gasteiger charge is 2.30. The van der Waals surface area contributed by atoms with Crippen molar-refractivity contribution in [3.05, 3.63) is 0 Å². The third kappa shape index (κ3) is 3.68. The van der Waals surface area contributed by atoms with E-state index >= 15 is 0 Å². The highest BCUT2D eigenvalue weighted by Crippen LogP contribution is 2.19. The molecule has 17 heavy (non-hydrogen) atoms. The number of carbonyl (C=O) groups is 1. The van der Waals surface area contributed by atoms with Crippen LogP contribution in [0.4, 0.5) is 0 Å². The summed E-state index contributed by atoms with van der Waals surface area (Å²) < 4.78 is 0. The monoisotopic (exact) mass is 242 g/mol. The summed E-state index contributed by atoms with van der Waals surface area (Å²) in [6, 6.07) is -0.452. The van der Waals surface area contributed by atoms with Crippen molar-refractivity contribution in [1.82, 2.24) is 4.90 Å². The number of hydrogen-bond donors (Lipinski definition) is 2. The van der Waals surface area contributed by atoms with Gasteiger partial charge in [0.25, 0.3) is 0 Å². The van der Waals surface area contributed by atoms with Crippen LogP contribution in [-0.4, -0.2) is 41.1 Å². The second kappa shape index (κ2) is 6.97. The van der Waals surface area contributed by atoms with E-state index in [1.807, 2.05) is 18.7 Å². The third-order valence-corrected chi connectivity index (χ3v) is 3.91. The van der Waals surface area contributed by atoms with Gasteiger partial charge >= 0.3 is 0 Å². The van der Waals surface area contributed by atoms with E-state index in [1.54, 1.807) is 0 Å². The molecule has 1 saturated heterocycles. The molecule has 1 rings (SSSR count). The summed E-state index contributed by atoms with van der Waals surface area (Å²) in [4.78, 5) is 14.1. The molecule has 0 radical (unpaired) electrons. The Morgan fingerprint density at radius 2 is 2.18 bits per heavy atom. The Morgan fingerprint density at radius 3 is 2.76 bits per heavy atom. The minimum atomic E-state index is -0.424. The Balaban J connectivity index is 2.69. The first kappa shape index (κ1) is 14.5. The molecule has 0 saturated carbocycles. The van der Waals surface area contributed by atoms with Gasteiger partial charge in [-0.15, -0.1) is 0 Å². The second-order valence-corrected chi connectivity index (χ2v) is 5.13. The van der Waals surface area contributed by atoms with Gasteiger partial charge in [-0.3, -0.25) is 4.79 Å². The summed E-state index contributed by atoms with van der Waals surface area (Å²) in [5.41, 5.74) is 6.00. The van der Waals surface area contributed by atoms with Crippen LogP contribution in [-0.2, 0) is 4.79 Å². The van der Waals surface area contributed by atoms with Crippen LogP contribution in [0.15, 0.2) is 0 Å². The van der Waals surface area contributed by atoms with Gasteiger partial charge in [0, 0.05) is 6.54 Å². The van der Waals surface area contributed by atoms with Crippen LogP contribution in [0.3, 0.4) is 0 Å². The Labute approximate surface area is 104 Å². The maximum atomic E-state index is 12.3. The van der Waals surface area contributed by atoms with Gasteiger partial charge in [-0.05, 0) is 18.8 Å². The maximum Gasteiger partial charge on any atom is 0.240 e. The minimum absolute atomic E-state index is 0.0142. The van der Waals surface area contributed by atoms with Crippen LogP contribution in [0, 0.1) is 5.92 Å². The van der Waals surface area contributed by atoms with Gasteiger partial charge in [-0.25, -0.2) is 0 Å². The molecule has 0 bridgehead atoms. The zero-order valence-corrected chi connectivity index (χ0v) is 11.1. The number of aliphatic hydroxyl groups excluding tert-OH is 1. The average Bonchev–Trinajstić information content (AvgIpc) is 2.60. The van der Waals surface area contributed by atoms with Gasteiger partial charge < -0.3 is 15.7 Å². The number of hydrogen-bond acceptors (Lipinski definition) is 3. The molecule has 1 heterocycles. The van der Waals surface area contributed by atoms with Gasteiger partial charge in [-0.1, -0.05) is 33.1 Å². The molecule has 1 fully saturated rings. The number of nitrogens with zero attached hydrogens (tertiary/aromatic N) is 1. The van der Waals surface area contributed by atoms with Crippen LogP contribution in [0.5, 0.6) is 0 Å². The van der Waals surface area contributed by atoms with E-state index in [2.05, 4.69) is 0 Å². The fourth-order valence-corrected chi connectivity index (χ4v) is 2.35. The fourth-order valence-electron chi connectivity index (χ4n) is 2.35. The van der Waals surface area contributed by atoms with Gasteiger partial charge in [0.05, 0.1) is 18.7 Å². The molecule has 3 atom stereocenters. The lowest BCUT2D eigenvalue weighted by molar-refractivity contribution is -0.137. The Hall–Kier alpha value is -0.610. The molecule has 0 aromatic heterocycles. The molecule has 3 unspecified atom stereocenters. The quantitative estimate of drug-likeness (QED) is 0.776. The number of amides is 1. The van der Waals surface area contributed by atoms with Crippen molar-refractivity contribution >= 4 is 5.91 Å². The van der Waals surface area contributed by atoms with E-state index in [9.17, 15) is 9.90 Å². The Kier molecular flexibility index (Phi) is 5.92. The number of nitrogens with two attached hydrogens (primary N) is 1. The topological polar surface area (TPSA) is 66.6 Å². The largest absolute Gasteiger partial charge is 0.394 e. The number of aliphatic hydroxyl groups is 1. The van der Waals surface area contributed by atoms with E-state index in [4.69, 9.17) is 5.73 Å². The van der Waals surface area contributed by atoms with E-state index in [-0.39, 0.29) is 24.5 Å². The first-order valence-corrected chi connectivity index (χ1v) is 6.78.